The van der Waals surface area contributed by atoms with Gasteiger partial charge < -0.3 is 16.4 Å². The largest absolute Gasteiger partial charge is 0.352 e. The van der Waals surface area contributed by atoms with Crippen LogP contribution in [0.3, 0.4) is 0 Å². The van der Waals surface area contributed by atoms with Crippen LogP contribution in [0.5, 0.6) is 0 Å². The predicted molar refractivity (Wildman–Crippen MR) is 77.6 cm³/mol. The van der Waals surface area contributed by atoms with Crippen molar-refractivity contribution < 1.29 is 4.79 Å². The minimum Gasteiger partial charge on any atom is -0.352 e. The Morgan fingerprint density at radius 1 is 1.35 bits per heavy atom. The van der Waals surface area contributed by atoms with Gasteiger partial charge in [0.1, 0.15) is 0 Å². The number of benzene rings is 1. The van der Waals surface area contributed by atoms with Gasteiger partial charge in [-0.1, -0.05) is 18.2 Å². The number of carbonyl (C=O) groups excluding carboxylic acids is 1. The van der Waals surface area contributed by atoms with Crippen LogP contribution in [0.25, 0.3) is 5.69 Å². The lowest BCUT2D eigenvalue weighted by molar-refractivity contribution is 0.249. The van der Waals surface area contributed by atoms with Crippen molar-refractivity contribution in [3.8, 4) is 5.69 Å². The fourth-order valence-corrected chi connectivity index (χ4v) is 1.87. The summed E-state index contributed by atoms with van der Waals surface area (Å²) in [5.74, 6) is 0. The third-order valence-electron chi connectivity index (χ3n) is 3.00. The maximum atomic E-state index is 10.5. The predicted octanol–water partition coefficient (Wildman–Crippen LogP) is 1.19. The second-order valence-corrected chi connectivity index (χ2v) is 4.52. The first kappa shape index (κ1) is 14.1. The van der Waals surface area contributed by atoms with Gasteiger partial charge in [-0.3, -0.25) is 0 Å². The van der Waals surface area contributed by atoms with Gasteiger partial charge in [0.25, 0.3) is 0 Å². The summed E-state index contributed by atoms with van der Waals surface area (Å²) in [6, 6.07) is 9.60. The second kappa shape index (κ2) is 6.72. The van der Waals surface area contributed by atoms with Crippen molar-refractivity contribution in [3.63, 3.8) is 0 Å². The first-order valence-corrected chi connectivity index (χ1v) is 6.53. The lowest BCUT2D eigenvalue weighted by Gasteiger charge is -2.11. The molecule has 2 aromatic rings. The topological polar surface area (TPSA) is 85.0 Å². The molecule has 0 radical (unpaired) electrons. The summed E-state index contributed by atoms with van der Waals surface area (Å²) in [7, 11) is 0. The van der Waals surface area contributed by atoms with E-state index in [9.17, 15) is 4.79 Å². The van der Waals surface area contributed by atoms with Gasteiger partial charge in [0.2, 0.25) is 0 Å². The molecule has 0 saturated carbocycles. The molecule has 2 rings (SSSR count). The number of nitrogens with zero attached hydrogens (tertiary/aromatic N) is 2. The molecule has 6 nitrogen and oxygen atoms in total. The first-order valence-electron chi connectivity index (χ1n) is 6.53. The SMILES string of the molecule is CC(NCCNC(N)=O)c1cnn(-c2ccccc2)c1. The van der Waals surface area contributed by atoms with E-state index in [4.69, 9.17) is 5.73 Å². The normalized spacial score (nSPS) is 12.1. The highest BCUT2D eigenvalue weighted by Crippen LogP contribution is 2.13. The maximum Gasteiger partial charge on any atom is 0.312 e. The molecule has 1 aromatic heterocycles. The van der Waals surface area contributed by atoms with E-state index in [1.54, 1.807) is 0 Å². The fraction of sp³-hybridized carbons (Fsp3) is 0.286. The lowest BCUT2D eigenvalue weighted by atomic mass is 10.2. The number of rotatable bonds is 6. The average molecular weight is 273 g/mol. The molecule has 1 heterocycles. The van der Waals surface area contributed by atoms with Crippen molar-refractivity contribution in [2.75, 3.05) is 13.1 Å². The number of hydrogen-bond acceptors (Lipinski definition) is 3. The van der Waals surface area contributed by atoms with E-state index in [0.29, 0.717) is 13.1 Å². The number of hydrogen-bond donors (Lipinski definition) is 3. The number of amides is 2. The summed E-state index contributed by atoms with van der Waals surface area (Å²) >= 11 is 0. The molecule has 1 unspecified atom stereocenters. The Morgan fingerprint density at radius 3 is 2.80 bits per heavy atom. The molecule has 0 bridgehead atoms. The number of urea groups is 1. The zero-order valence-electron chi connectivity index (χ0n) is 11.4. The van der Waals surface area contributed by atoms with Crippen LogP contribution in [0.1, 0.15) is 18.5 Å². The van der Waals surface area contributed by atoms with E-state index in [0.717, 1.165) is 11.3 Å². The second-order valence-electron chi connectivity index (χ2n) is 4.52. The van der Waals surface area contributed by atoms with Crippen LogP contribution < -0.4 is 16.4 Å². The summed E-state index contributed by atoms with van der Waals surface area (Å²) < 4.78 is 1.84. The van der Waals surface area contributed by atoms with Gasteiger partial charge in [-0.05, 0) is 19.1 Å². The number of nitrogens with two attached hydrogens (primary N) is 1. The van der Waals surface area contributed by atoms with E-state index in [2.05, 4.69) is 22.7 Å². The molecular formula is C14H19N5O. The lowest BCUT2D eigenvalue weighted by Crippen LogP contribution is -2.35. The molecule has 0 fully saturated rings. The highest BCUT2D eigenvalue weighted by molar-refractivity contribution is 5.71. The number of nitrogens with one attached hydrogen (secondary N) is 2. The van der Waals surface area contributed by atoms with Gasteiger partial charge in [-0.25, -0.2) is 9.48 Å². The fourth-order valence-electron chi connectivity index (χ4n) is 1.87. The van der Waals surface area contributed by atoms with Gasteiger partial charge in [-0.15, -0.1) is 0 Å². The molecule has 106 valence electrons. The molecule has 0 spiro atoms. The van der Waals surface area contributed by atoms with Crippen LogP contribution in [0.4, 0.5) is 4.79 Å². The average Bonchev–Trinajstić information content (AvgIpc) is 2.94. The molecule has 4 N–H and O–H groups in total. The van der Waals surface area contributed by atoms with E-state index < -0.39 is 6.03 Å². The Bertz CT molecular complexity index is 552. The molecule has 0 aliphatic rings. The Morgan fingerprint density at radius 2 is 2.10 bits per heavy atom. The summed E-state index contributed by atoms with van der Waals surface area (Å²) in [5, 5.41) is 10.2. The van der Waals surface area contributed by atoms with Crippen LogP contribution in [-0.2, 0) is 0 Å². The maximum absolute atomic E-state index is 10.5. The smallest absolute Gasteiger partial charge is 0.312 e. The summed E-state index contributed by atoms with van der Waals surface area (Å²) in [6.45, 7) is 3.21. The summed E-state index contributed by atoms with van der Waals surface area (Å²) in [6.07, 6.45) is 3.83. The molecule has 0 saturated heterocycles. The zero-order chi connectivity index (χ0) is 14.4. The highest BCUT2D eigenvalue weighted by Gasteiger charge is 2.08. The van der Waals surface area contributed by atoms with E-state index in [1.807, 2.05) is 47.4 Å². The van der Waals surface area contributed by atoms with Gasteiger partial charge in [0.05, 0.1) is 11.9 Å². The van der Waals surface area contributed by atoms with Crippen molar-refractivity contribution in [2.45, 2.75) is 13.0 Å². The van der Waals surface area contributed by atoms with Crippen LogP contribution in [0.2, 0.25) is 0 Å². The Balaban J connectivity index is 1.90. The van der Waals surface area contributed by atoms with E-state index in [1.165, 1.54) is 0 Å². The van der Waals surface area contributed by atoms with Crippen molar-refractivity contribution in [3.05, 3.63) is 48.3 Å². The molecular weight excluding hydrogens is 254 g/mol. The number of para-hydroxylation sites is 1. The first-order chi connectivity index (χ1) is 9.66. The van der Waals surface area contributed by atoms with Crippen molar-refractivity contribution in [2.24, 2.45) is 5.73 Å². The molecule has 0 aliphatic carbocycles. The van der Waals surface area contributed by atoms with Gasteiger partial charge in [0, 0.05) is 30.9 Å². The van der Waals surface area contributed by atoms with Crippen molar-refractivity contribution in [1.82, 2.24) is 20.4 Å². The Labute approximate surface area is 118 Å². The number of carbonyl (C=O) groups is 1. The third-order valence-corrected chi connectivity index (χ3v) is 3.00. The highest BCUT2D eigenvalue weighted by atomic mass is 16.2. The van der Waals surface area contributed by atoms with Crippen LogP contribution in [-0.4, -0.2) is 28.9 Å². The Hall–Kier alpha value is -2.34. The van der Waals surface area contributed by atoms with Crippen LogP contribution in [0, 0.1) is 0 Å². The molecule has 6 heteroatoms. The van der Waals surface area contributed by atoms with Crippen molar-refractivity contribution in [1.29, 1.82) is 0 Å². The quantitative estimate of drug-likeness (QED) is 0.691. The number of primary amides is 1. The molecule has 20 heavy (non-hydrogen) atoms. The summed E-state index contributed by atoms with van der Waals surface area (Å²) in [4.78, 5) is 10.5. The van der Waals surface area contributed by atoms with Gasteiger partial charge in [0.15, 0.2) is 0 Å². The zero-order valence-corrected chi connectivity index (χ0v) is 11.4. The third kappa shape index (κ3) is 3.83. The number of aromatic nitrogens is 2. The minimum atomic E-state index is -0.503. The van der Waals surface area contributed by atoms with E-state index in [-0.39, 0.29) is 6.04 Å². The van der Waals surface area contributed by atoms with Crippen LogP contribution >= 0.6 is 0 Å². The Kier molecular flexibility index (Phi) is 4.73. The summed E-state index contributed by atoms with van der Waals surface area (Å²) in [5.41, 5.74) is 7.12. The molecule has 0 aliphatic heterocycles. The van der Waals surface area contributed by atoms with E-state index >= 15 is 0 Å². The monoisotopic (exact) mass is 273 g/mol. The van der Waals surface area contributed by atoms with Crippen molar-refractivity contribution >= 4 is 6.03 Å². The molecule has 1 atom stereocenters. The van der Waals surface area contributed by atoms with Crippen LogP contribution in [0.15, 0.2) is 42.7 Å². The molecule has 1 aromatic carbocycles. The molecule has 2 amide bonds. The minimum absolute atomic E-state index is 0.155. The standard InChI is InChI=1S/C14H19N5O/c1-11(16-7-8-17-14(15)20)12-9-18-19(10-12)13-5-3-2-4-6-13/h2-6,9-11,16H,7-8H2,1H3,(H3,15,17,20). The van der Waals surface area contributed by atoms with Gasteiger partial charge in [-0.2, -0.15) is 5.10 Å². The van der Waals surface area contributed by atoms with Gasteiger partial charge >= 0.3 is 6.03 Å².